The van der Waals surface area contributed by atoms with Crippen molar-refractivity contribution in [1.82, 2.24) is 14.9 Å². The third-order valence-electron chi connectivity index (χ3n) is 3.89. The van der Waals surface area contributed by atoms with Crippen molar-refractivity contribution in [3.8, 4) is 5.69 Å². The van der Waals surface area contributed by atoms with Crippen LogP contribution in [0.15, 0.2) is 48.5 Å². The summed E-state index contributed by atoms with van der Waals surface area (Å²) >= 11 is 0. The number of rotatable bonds is 5. The fourth-order valence-electron chi connectivity index (χ4n) is 2.84. The Labute approximate surface area is 141 Å². The first-order valence-corrected chi connectivity index (χ1v) is 7.94. The van der Waals surface area contributed by atoms with Gasteiger partial charge in [0.15, 0.2) is 0 Å². The number of benzene rings is 2. The molecule has 0 saturated heterocycles. The topological polar surface area (TPSA) is 56.1 Å². The van der Waals surface area contributed by atoms with Gasteiger partial charge in [-0.15, -0.1) is 0 Å². The zero-order valence-electron chi connectivity index (χ0n) is 14.1. The molecule has 0 fully saturated rings. The van der Waals surface area contributed by atoms with E-state index >= 15 is 0 Å². The van der Waals surface area contributed by atoms with Gasteiger partial charge in [-0.3, -0.25) is 9.36 Å². The highest BCUT2D eigenvalue weighted by atomic mass is 16.5. The molecule has 1 heterocycles. The lowest BCUT2D eigenvalue weighted by Crippen LogP contribution is -2.35. The summed E-state index contributed by atoms with van der Waals surface area (Å²) in [6.45, 7) is 4.36. The second kappa shape index (κ2) is 6.84. The Balaban J connectivity index is 1.95. The first kappa shape index (κ1) is 16.2. The molecule has 1 atom stereocenters. The molecule has 2 aromatic carbocycles. The van der Waals surface area contributed by atoms with Crippen LogP contribution in [0, 0.1) is 6.92 Å². The number of carbonyl (C=O) groups is 1. The Bertz CT molecular complexity index is 856. The van der Waals surface area contributed by atoms with E-state index in [0.717, 1.165) is 22.5 Å². The molecule has 124 valence electrons. The van der Waals surface area contributed by atoms with Crippen molar-refractivity contribution in [2.75, 3.05) is 13.7 Å². The lowest BCUT2D eigenvalue weighted by molar-refractivity contribution is 0.0905. The SMILES string of the molecule is COC[C@@H](C)NC(=O)c1ccc2c(c1)nc(C)n2-c1ccccc1. The maximum absolute atomic E-state index is 12.3. The first-order chi connectivity index (χ1) is 11.6. The van der Waals surface area contributed by atoms with Crippen LogP contribution in [0.1, 0.15) is 23.1 Å². The molecule has 5 heteroatoms. The van der Waals surface area contributed by atoms with E-state index in [9.17, 15) is 4.79 Å². The molecule has 0 unspecified atom stereocenters. The Morgan fingerprint density at radius 3 is 2.71 bits per heavy atom. The number of imidazole rings is 1. The number of hydrogen-bond acceptors (Lipinski definition) is 3. The molecule has 0 saturated carbocycles. The standard InChI is InChI=1S/C19H21N3O2/c1-13(12-24-3)20-19(23)15-9-10-18-17(11-15)21-14(2)22(18)16-7-5-4-6-8-16/h4-11,13H,12H2,1-3H3,(H,20,23)/t13-/m1/s1. The van der Waals surface area contributed by atoms with Crippen molar-refractivity contribution in [1.29, 1.82) is 0 Å². The molecule has 24 heavy (non-hydrogen) atoms. The van der Waals surface area contributed by atoms with Gasteiger partial charge in [0.25, 0.3) is 5.91 Å². The minimum atomic E-state index is -0.117. The van der Waals surface area contributed by atoms with Crippen molar-refractivity contribution < 1.29 is 9.53 Å². The Hall–Kier alpha value is -2.66. The van der Waals surface area contributed by atoms with Crippen molar-refractivity contribution in [2.24, 2.45) is 0 Å². The molecular formula is C19H21N3O2. The lowest BCUT2D eigenvalue weighted by Gasteiger charge is -2.12. The van der Waals surface area contributed by atoms with Crippen molar-refractivity contribution >= 4 is 16.9 Å². The number of aryl methyl sites for hydroxylation is 1. The highest BCUT2D eigenvalue weighted by molar-refractivity contribution is 5.97. The van der Waals surface area contributed by atoms with E-state index in [0.29, 0.717) is 12.2 Å². The van der Waals surface area contributed by atoms with Crippen LogP contribution in [-0.2, 0) is 4.74 Å². The van der Waals surface area contributed by atoms with Crippen LogP contribution >= 0.6 is 0 Å². The van der Waals surface area contributed by atoms with E-state index in [-0.39, 0.29) is 11.9 Å². The largest absolute Gasteiger partial charge is 0.383 e. The van der Waals surface area contributed by atoms with E-state index in [2.05, 4.69) is 14.9 Å². The summed E-state index contributed by atoms with van der Waals surface area (Å²) in [6, 6.07) is 15.6. The number of aromatic nitrogens is 2. The molecule has 0 spiro atoms. The van der Waals surface area contributed by atoms with E-state index in [1.54, 1.807) is 7.11 Å². The summed E-state index contributed by atoms with van der Waals surface area (Å²) in [6.07, 6.45) is 0. The molecule has 0 aliphatic rings. The fourth-order valence-corrected chi connectivity index (χ4v) is 2.84. The molecule has 1 amide bonds. The summed E-state index contributed by atoms with van der Waals surface area (Å²) in [7, 11) is 1.62. The summed E-state index contributed by atoms with van der Waals surface area (Å²) in [5, 5.41) is 2.92. The number of ether oxygens (including phenoxy) is 1. The average Bonchev–Trinajstić information content (AvgIpc) is 2.90. The van der Waals surface area contributed by atoms with Crippen molar-refractivity contribution in [3.05, 3.63) is 59.9 Å². The normalized spacial score (nSPS) is 12.3. The van der Waals surface area contributed by atoms with E-state index in [1.807, 2.05) is 62.4 Å². The van der Waals surface area contributed by atoms with Crippen LogP contribution in [0.3, 0.4) is 0 Å². The third kappa shape index (κ3) is 3.16. The number of nitrogens with zero attached hydrogens (tertiary/aromatic N) is 2. The molecule has 0 bridgehead atoms. The second-order valence-corrected chi connectivity index (χ2v) is 5.86. The number of nitrogens with one attached hydrogen (secondary N) is 1. The van der Waals surface area contributed by atoms with Gasteiger partial charge in [-0.2, -0.15) is 0 Å². The van der Waals surface area contributed by atoms with Crippen LogP contribution < -0.4 is 5.32 Å². The number of hydrogen-bond donors (Lipinski definition) is 1. The maximum atomic E-state index is 12.3. The highest BCUT2D eigenvalue weighted by Crippen LogP contribution is 2.22. The zero-order valence-corrected chi connectivity index (χ0v) is 14.1. The first-order valence-electron chi connectivity index (χ1n) is 7.94. The molecule has 0 aliphatic heterocycles. The number of carbonyl (C=O) groups excluding carboxylic acids is 1. The predicted octanol–water partition coefficient (Wildman–Crippen LogP) is 3.10. The number of amides is 1. The van der Waals surface area contributed by atoms with Crippen molar-refractivity contribution in [2.45, 2.75) is 19.9 Å². The van der Waals surface area contributed by atoms with Crippen molar-refractivity contribution in [3.63, 3.8) is 0 Å². The molecule has 1 N–H and O–H groups in total. The summed E-state index contributed by atoms with van der Waals surface area (Å²) in [4.78, 5) is 16.9. The van der Waals surface area contributed by atoms with Crippen LogP contribution in [-0.4, -0.2) is 35.2 Å². The number of para-hydroxylation sites is 1. The maximum Gasteiger partial charge on any atom is 0.251 e. The molecule has 3 aromatic rings. The second-order valence-electron chi connectivity index (χ2n) is 5.86. The number of methoxy groups -OCH3 is 1. The smallest absolute Gasteiger partial charge is 0.251 e. The molecular weight excluding hydrogens is 302 g/mol. The van der Waals surface area contributed by atoms with E-state index in [1.165, 1.54) is 0 Å². The summed E-state index contributed by atoms with van der Waals surface area (Å²) < 4.78 is 7.14. The van der Waals surface area contributed by atoms with E-state index in [4.69, 9.17) is 4.74 Å². The fraction of sp³-hybridized carbons (Fsp3) is 0.263. The molecule has 0 aliphatic carbocycles. The van der Waals surface area contributed by atoms with Gasteiger partial charge in [-0.1, -0.05) is 18.2 Å². The summed E-state index contributed by atoms with van der Waals surface area (Å²) in [5.41, 5.74) is 3.45. The van der Waals surface area contributed by atoms with Crippen LogP contribution in [0.2, 0.25) is 0 Å². The van der Waals surface area contributed by atoms with Gasteiger partial charge < -0.3 is 10.1 Å². The van der Waals surface area contributed by atoms with Gasteiger partial charge in [0.1, 0.15) is 5.82 Å². The quantitative estimate of drug-likeness (QED) is 0.785. The van der Waals surface area contributed by atoms with Crippen LogP contribution in [0.25, 0.3) is 16.7 Å². The highest BCUT2D eigenvalue weighted by Gasteiger charge is 2.14. The minimum absolute atomic E-state index is 0.0400. The van der Waals surface area contributed by atoms with Crippen LogP contribution in [0.4, 0.5) is 0 Å². The van der Waals surface area contributed by atoms with Gasteiger partial charge in [0.2, 0.25) is 0 Å². The average molecular weight is 323 g/mol. The Kier molecular flexibility index (Phi) is 4.62. The van der Waals surface area contributed by atoms with Gasteiger partial charge in [0, 0.05) is 24.4 Å². The Morgan fingerprint density at radius 2 is 2.00 bits per heavy atom. The van der Waals surface area contributed by atoms with E-state index < -0.39 is 0 Å². The molecule has 0 radical (unpaired) electrons. The predicted molar refractivity (Wildman–Crippen MR) is 94.6 cm³/mol. The van der Waals surface area contributed by atoms with Gasteiger partial charge in [-0.25, -0.2) is 4.98 Å². The van der Waals surface area contributed by atoms with Gasteiger partial charge in [-0.05, 0) is 44.2 Å². The van der Waals surface area contributed by atoms with Crippen LogP contribution in [0.5, 0.6) is 0 Å². The number of fused-ring (bicyclic) bond motifs is 1. The zero-order chi connectivity index (χ0) is 17.1. The third-order valence-corrected chi connectivity index (χ3v) is 3.89. The van der Waals surface area contributed by atoms with Gasteiger partial charge >= 0.3 is 0 Å². The monoisotopic (exact) mass is 323 g/mol. The Morgan fingerprint density at radius 1 is 1.25 bits per heavy atom. The summed E-state index contributed by atoms with van der Waals surface area (Å²) in [5.74, 6) is 0.773. The molecule has 5 nitrogen and oxygen atoms in total. The molecule has 3 rings (SSSR count). The lowest BCUT2D eigenvalue weighted by atomic mass is 10.1. The molecule has 1 aromatic heterocycles. The minimum Gasteiger partial charge on any atom is -0.383 e. The van der Waals surface area contributed by atoms with Gasteiger partial charge in [0.05, 0.1) is 17.6 Å².